The largest absolute Gasteiger partial charge is 0.356 e. The highest BCUT2D eigenvalue weighted by atomic mass is 15.1. The molecule has 0 spiro atoms. The fraction of sp³-hybridized carbons (Fsp3) is 0.0556. The molecule has 38 heavy (non-hydrogen) atoms. The average molecular weight is 491 g/mol. The summed E-state index contributed by atoms with van der Waals surface area (Å²) in [6, 6.07) is 47.1. The van der Waals surface area contributed by atoms with Crippen LogP contribution in [0, 0.1) is 0 Å². The highest BCUT2D eigenvalue weighted by molar-refractivity contribution is 5.76. The van der Waals surface area contributed by atoms with Gasteiger partial charge >= 0.3 is 0 Å². The molecule has 1 aliphatic rings. The Balaban J connectivity index is 1.20. The number of anilines is 4. The van der Waals surface area contributed by atoms with E-state index in [1.165, 1.54) is 39.3 Å². The van der Waals surface area contributed by atoms with Gasteiger partial charge in [-0.2, -0.15) is 0 Å². The van der Waals surface area contributed by atoms with Crippen molar-refractivity contribution in [1.29, 1.82) is 0 Å². The van der Waals surface area contributed by atoms with Gasteiger partial charge in [0.1, 0.15) is 0 Å². The minimum atomic E-state index is 1.08. The zero-order chi connectivity index (χ0) is 25.6. The molecule has 1 N–H and O–H groups in total. The summed E-state index contributed by atoms with van der Waals surface area (Å²) in [7, 11) is 0. The second-order valence-electron chi connectivity index (χ2n) is 9.47. The number of benzene rings is 5. The smallest absolute Gasteiger partial charge is 0.0461 e. The molecular weight excluding hydrogens is 460 g/mol. The molecule has 6 rings (SSSR count). The highest BCUT2D eigenvalue weighted by Crippen LogP contribution is 2.34. The second kappa shape index (κ2) is 11.1. The predicted molar refractivity (Wildman–Crippen MR) is 162 cm³/mol. The summed E-state index contributed by atoms with van der Waals surface area (Å²) in [5, 5.41) is 3.45. The molecule has 1 aliphatic carbocycles. The van der Waals surface area contributed by atoms with Gasteiger partial charge in [0.2, 0.25) is 0 Å². The lowest BCUT2D eigenvalue weighted by molar-refractivity contribution is 0.997. The Morgan fingerprint density at radius 1 is 0.447 bits per heavy atom. The molecule has 5 aromatic carbocycles. The Kier molecular flexibility index (Phi) is 6.86. The Labute approximate surface area is 225 Å². The van der Waals surface area contributed by atoms with Gasteiger partial charge in [-0.05, 0) is 89.7 Å². The van der Waals surface area contributed by atoms with Crippen molar-refractivity contribution in [2.45, 2.75) is 12.8 Å². The first-order chi connectivity index (χ1) is 18.8. The standard InChI is InChI=1S/C36H30N2/c1-4-10-32(11-5-1)37-33-24-20-30(21-25-33)28-16-18-29(19-17-28)31-22-26-36(27-23-31)38(34-12-6-2-7-13-34)35-14-8-3-9-15-35/h1-2,4-8,10-27,37H,3,9H2. The van der Waals surface area contributed by atoms with Crippen molar-refractivity contribution in [3.05, 3.63) is 157 Å². The molecule has 0 aromatic heterocycles. The van der Waals surface area contributed by atoms with Crippen molar-refractivity contribution in [3.63, 3.8) is 0 Å². The molecule has 2 nitrogen and oxygen atoms in total. The molecule has 0 saturated carbocycles. The minimum Gasteiger partial charge on any atom is -0.356 e. The van der Waals surface area contributed by atoms with Gasteiger partial charge in [-0.3, -0.25) is 0 Å². The normalized spacial score (nSPS) is 12.6. The van der Waals surface area contributed by atoms with Gasteiger partial charge in [0.15, 0.2) is 0 Å². The lowest BCUT2D eigenvalue weighted by atomic mass is 9.99. The van der Waals surface area contributed by atoms with Crippen LogP contribution in [0.1, 0.15) is 12.8 Å². The van der Waals surface area contributed by atoms with Crippen LogP contribution in [0.5, 0.6) is 0 Å². The molecule has 0 unspecified atom stereocenters. The third-order valence-electron chi connectivity index (χ3n) is 6.87. The van der Waals surface area contributed by atoms with Crippen LogP contribution in [0.4, 0.5) is 22.7 Å². The number of para-hydroxylation sites is 2. The summed E-state index contributed by atoms with van der Waals surface area (Å²) in [6.45, 7) is 0. The summed E-state index contributed by atoms with van der Waals surface area (Å²) in [5.74, 6) is 0. The molecule has 0 bridgehead atoms. The van der Waals surface area contributed by atoms with Crippen molar-refractivity contribution in [1.82, 2.24) is 0 Å². The van der Waals surface area contributed by atoms with Crippen molar-refractivity contribution < 1.29 is 0 Å². The Bertz CT molecular complexity index is 1530. The zero-order valence-electron chi connectivity index (χ0n) is 21.3. The molecule has 184 valence electrons. The van der Waals surface area contributed by atoms with E-state index in [4.69, 9.17) is 0 Å². The quantitative estimate of drug-likeness (QED) is 0.244. The van der Waals surface area contributed by atoms with Crippen LogP contribution in [-0.2, 0) is 0 Å². The van der Waals surface area contributed by atoms with Gasteiger partial charge in [0, 0.05) is 28.4 Å². The summed E-state index contributed by atoms with van der Waals surface area (Å²) in [4.78, 5) is 2.33. The first-order valence-corrected chi connectivity index (χ1v) is 13.2. The van der Waals surface area contributed by atoms with E-state index in [2.05, 4.69) is 144 Å². The molecule has 0 atom stereocenters. The third kappa shape index (κ3) is 5.30. The van der Waals surface area contributed by atoms with Crippen LogP contribution in [0.15, 0.2) is 157 Å². The maximum Gasteiger partial charge on any atom is 0.0461 e. The number of nitrogens with one attached hydrogen (secondary N) is 1. The number of rotatable bonds is 7. The first kappa shape index (κ1) is 23.6. The number of hydrogen-bond acceptors (Lipinski definition) is 2. The fourth-order valence-electron chi connectivity index (χ4n) is 4.88. The molecule has 0 aliphatic heterocycles. The summed E-state index contributed by atoms with van der Waals surface area (Å²) in [5.41, 5.74) is 10.6. The van der Waals surface area contributed by atoms with Crippen molar-refractivity contribution in [2.24, 2.45) is 0 Å². The molecular formula is C36H30N2. The van der Waals surface area contributed by atoms with E-state index >= 15 is 0 Å². The molecule has 2 heteroatoms. The van der Waals surface area contributed by atoms with Gasteiger partial charge < -0.3 is 10.2 Å². The Hall–Kier alpha value is -4.82. The van der Waals surface area contributed by atoms with E-state index in [9.17, 15) is 0 Å². The monoisotopic (exact) mass is 490 g/mol. The number of allylic oxidation sites excluding steroid dienone is 3. The maximum atomic E-state index is 3.45. The van der Waals surface area contributed by atoms with E-state index in [1.54, 1.807) is 0 Å². The SMILES string of the molecule is C1=CC(N(c2ccccc2)c2ccc(-c3ccc(-c4ccc(Nc5ccccc5)cc4)cc3)cc2)=CCC1. The molecule has 0 amide bonds. The molecule has 0 fully saturated rings. The lowest BCUT2D eigenvalue weighted by Gasteiger charge is -2.27. The van der Waals surface area contributed by atoms with Gasteiger partial charge in [-0.25, -0.2) is 0 Å². The van der Waals surface area contributed by atoms with E-state index in [-0.39, 0.29) is 0 Å². The molecule has 5 aromatic rings. The van der Waals surface area contributed by atoms with E-state index in [0.717, 1.165) is 24.2 Å². The van der Waals surface area contributed by atoms with Gasteiger partial charge in [-0.15, -0.1) is 0 Å². The van der Waals surface area contributed by atoms with Gasteiger partial charge in [0.25, 0.3) is 0 Å². The topological polar surface area (TPSA) is 15.3 Å². The van der Waals surface area contributed by atoms with E-state index in [0.29, 0.717) is 0 Å². The Morgan fingerprint density at radius 2 is 0.921 bits per heavy atom. The van der Waals surface area contributed by atoms with Crippen molar-refractivity contribution >= 4 is 22.7 Å². The first-order valence-electron chi connectivity index (χ1n) is 13.2. The van der Waals surface area contributed by atoms with Crippen LogP contribution in [0.2, 0.25) is 0 Å². The van der Waals surface area contributed by atoms with Gasteiger partial charge in [-0.1, -0.05) is 97.1 Å². The average Bonchev–Trinajstić information content (AvgIpc) is 3.00. The lowest BCUT2D eigenvalue weighted by Crippen LogP contribution is -2.16. The third-order valence-corrected chi connectivity index (χ3v) is 6.87. The second-order valence-corrected chi connectivity index (χ2v) is 9.47. The minimum absolute atomic E-state index is 1.08. The predicted octanol–water partition coefficient (Wildman–Crippen LogP) is 10.1. The van der Waals surface area contributed by atoms with E-state index in [1.807, 2.05) is 18.2 Å². The number of nitrogens with zero attached hydrogens (tertiary/aromatic N) is 1. The molecule has 0 heterocycles. The zero-order valence-corrected chi connectivity index (χ0v) is 21.3. The summed E-state index contributed by atoms with van der Waals surface area (Å²) >= 11 is 0. The van der Waals surface area contributed by atoms with Crippen LogP contribution >= 0.6 is 0 Å². The van der Waals surface area contributed by atoms with Crippen molar-refractivity contribution in [3.8, 4) is 22.3 Å². The molecule has 0 radical (unpaired) electrons. The maximum absolute atomic E-state index is 3.45. The van der Waals surface area contributed by atoms with E-state index < -0.39 is 0 Å². The summed E-state index contributed by atoms with van der Waals surface area (Å²) in [6.07, 6.45) is 8.99. The fourth-order valence-corrected chi connectivity index (χ4v) is 4.88. The summed E-state index contributed by atoms with van der Waals surface area (Å²) < 4.78 is 0. The van der Waals surface area contributed by atoms with Gasteiger partial charge in [0.05, 0.1) is 0 Å². The van der Waals surface area contributed by atoms with Crippen LogP contribution in [0.25, 0.3) is 22.3 Å². The highest BCUT2D eigenvalue weighted by Gasteiger charge is 2.14. The Morgan fingerprint density at radius 3 is 1.47 bits per heavy atom. The van der Waals surface area contributed by atoms with Crippen LogP contribution in [0.3, 0.4) is 0 Å². The molecule has 0 saturated heterocycles. The van der Waals surface area contributed by atoms with Crippen LogP contribution in [-0.4, -0.2) is 0 Å². The van der Waals surface area contributed by atoms with Crippen molar-refractivity contribution in [2.75, 3.05) is 10.2 Å². The van der Waals surface area contributed by atoms with Crippen LogP contribution < -0.4 is 10.2 Å². The number of hydrogen-bond donors (Lipinski definition) is 1.